The van der Waals surface area contributed by atoms with Gasteiger partial charge in [0.2, 0.25) is 0 Å². The highest BCUT2D eigenvalue weighted by Gasteiger charge is 2.15. The van der Waals surface area contributed by atoms with Crippen molar-refractivity contribution >= 4 is 51.5 Å². The normalized spacial score (nSPS) is 10.9. The number of carbonyl (C=O) groups is 1. The Balaban J connectivity index is 2.15. The van der Waals surface area contributed by atoms with Crippen molar-refractivity contribution in [3.05, 3.63) is 68.8 Å². The van der Waals surface area contributed by atoms with Gasteiger partial charge in [-0.25, -0.2) is 0 Å². The molecular formula is C15H8Cl3NO. The number of H-pyrrole nitrogens is 1. The van der Waals surface area contributed by atoms with Crippen molar-refractivity contribution in [2.45, 2.75) is 0 Å². The number of rotatable bonds is 2. The zero-order chi connectivity index (χ0) is 14.3. The van der Waals surface area contributed by atoms with Crippen LogP contribution < -0.4 is 0 Å². The van der Waals surface area contributed by atoms with Crippen LogP contribution in [-0.4, -0.2) is 10.8 Å². The Kier molecular flexibility index (Phi) is 3.47. The van der Waals surface area contributed by atoms with Crippen LogP contribution >= 0.6 is 34.8 Å². The first-order valence-corrected chi connectivity index (χ1v) is 6.95. The standard InChI is InChI=1S/C15H8Cl3NO/c16-9-1-2-14-12(6-9)13(7-19-14)15(20)8-3-10(17)5-11(18)4-8/h1-7,19H. The molecule has 0 amide bonds. The lowest BCUT2D eigenvalue weighted by Crippen LogP contribution is -2.00. The minimum absolute atomic E-state index is 0.150. The number of fused-ring (bicyclic) bond motifs is 1. The predicted octanol–water partition coefficient (Wildman–Crippen LogP) is 5.36. The molecule has 1 N–H and O–H groups in total. The van der Waals surface area contributed by atoms with E-state index in [9.17, 15) is 4.79 Å². The second kappa shape index (κ2) is 5.13. The molecule has 20 heavy (non-hydrogen) atoms. The molecule has 3 rings (SSSR count). The topological polar surface area (TPSA) is 32.9 Å². The zero-order valence-corrected chi connectivity index (χ0v) is 12.4. The third-order valence-corrected chi connectivity index (χ3v) is 3.68. The van der Waals surface area contributed by atoms with Gasteiger partial charge in [0.1, 0.15) is 0 Å². The Morgan fingerprint density at radius 2 is 1.60 bits per heavy atom. The molecule has 1 heterocycles. The minimum atomic E-state index is -0.150. The third kappa shape index (κ3) is 2.42. The van der Waals surface area contributed by atoms with E-state index in [4.69, 9.17) is 34.8 Å². The maximum absolute atomic E-state index is 12.6. The summed E-state index contributed by atoms with van der Waals surface area (Å²) in [5.41, 5.74) is 1.84. The summed E-state index contributed by atoms with van der Waals surface area (Å²) in [4.78, 5) is 15.6. The second-order valence-electron chi connectivity index (χ2n) is 4.38. The fraction of sp³-hybridized carbons (Fsp3) is 0. The first kappa shape index (κ1) is 13.5. The maximum Gasteiger partial charge on any atom is 0.195 e. The monoisotopic (exact) mass is 323 g/mol. The van der Waals surface area contributed by atoms with Gasteiger partial charge < -0.3 is 4.98 Å². The maximum atomic E-state index is 12.6. The van der Waals surface area contributed by atoms with Gasteiger partial charge in [-0.2, -0.15) is 0 Å². The highest BCUT2D eigenvalue weighted by Crippen LogP contribution is 2.26. The molecule has 2 nitrogen and oxygen atoms in total. The molecule has 0 aliphatic rings. The van der Waals surface area contributed by atoms with Crippen LogP contribution in [0.15, 0.2) is 42.6 Å². The van der Waals surface area contributed by atoms with Crippen molar-refractivity contribution in [3.8, 4) is 0 Å². The van der Waals surface area contributed by atoms with Crippen LogP contribution in [0, 0.1) is 0 Å². The number of aromatic nitrogens is 1. The minimum Gasteiger partial charge on any atom is -0.360 e. The number of hydrogen-bond donors (Lipinski definition) is 1. The molecular weight excluding hydrogens is 317 g/mol. The molecule has 0 radical (unpaired) electrons. The molecule has 0 saturated heterocycles. The van der Waals surface area contributed by atoms with E-state index >= 15 is 0 Å². The number of hydrogen-bond acceptors (Lipinski definition) is 1. The van der Waals surface area contributed by atoms with Gasteiger partial charge in [-0.1, -0.05) is 34.8 Å². The second-order valence-corrected chi connectivity index (χ2v) is 5.69. The number of carbonyl (C=O) groups excluding carboxylic acids is 1. The molecule has 1 aromatic heterocycles. The lowest BCUT2D eigenvalue weighted by Gasteiger charge is -2.02. The Morgan fingerprint density at radius 1 is 0.900 bits per heavy atom. The molecule has 0 spiro atoms. The molecule has 100 valence electrons. The predicted molar refractivity (Wildman–Crippen MR) is 83.2 cm³/mol. The number of aromatic amines is 1. The Bertz CT molecular complexity index is 803. The van der Waals surface area contributed by atoms with E-state index in [1.54, 1.807) is 36.5 Å². The summed E-state index contributed by atoms with van der Waals surface area (Å²) in [5.74, 6) is -0.150. The largest absolute Gasteiger partial charge is 0.360 e. The van der Waals surface area contributed by atoms with Crippen LogP contribution in [-0.2, 0) is 0 Å². The van der Waals surface area contributed by atoms with Crippen LogP contribution in [0.3, 0.4) is 0 Å². The van der Waals surface area contributed by atoms with E-state index in [0.29, 0.717) is 26.2 Å². The van der Waals surface area contributed by atoms with Crippen LogP contribution in [0.4, 0.5) is 0 Å². The summed E-state index contributed by atoms with van der Waals surface area (Å²) in [6.07, 6.45) is 1.66. The number of halogens is 3. The Hall–Kier alpha value is -1.48. The van der Waals surface area contributed by atoms with Crippen molar-refractivity contribution in [3.63, 3.8) is 0 Å². The Labute approximate surface area is 130 Å². The first-order chi connectivity index (χ1) is 9.54. The van der Waals surface area contributed by atoms with Crippen LogP contribution in [0.25, 0.3) is 10.9 Å². The van der Waals surface area contributed by atoms with E-state index in [2.05, 4.69) is 4.98 Å². The average molecular weight is 325 g/mol. The fourth-order valence-electron chi connectivity index (χ4n) is 2.12. The molecule has 0 unspecified atom stereocenters. The van der Waals surface area contributed by atoms with Crippen molar-refractivity contribution in [1.29, 1.82) is 0 Å². The van der Waals surface area contributed by atoms with E-state index in [0.717, 1.165) is 10.9 Å². The summed E-state index contributed by atoms with van der Waals surface area (Å²) >= 11 is 17.8. The molecule has 0 atom stereocenters. The molecule has 0 bridgehead atoms. The lowest BCUT2D eigenvalue weighted by atomic mass is 10.0. The highest BCUT2D eigenvalue weighted by molar-refractivity contribution is 6.35. The molecule has 3 aromatic rings. The van der Waals surface area contributed by atoms with Gasteiger partial charge in [-0.15, -0.1) is 0 Å². The summed E-state index contributed by atoms with van der Waals surface area (Å²) < 4.78 is 0. The van der Waals surface area contributed by atoms with Crippen molar-refractivity contribution < 1.29 is 4.79 Å². The SMILES string of the molecule is O=C(c1cc(Cl)cc(Cl)c1)c1c[nH]c2ccc(Cl)cc12. The van der Waals surface area contributed by atoms with Crippen molar-refractivity contribution in [2.75, 3.05) is 0 Å². The van der Waals surface area contributed by atoms with Crippen molar-refractivity contribution in [2.24, 2.45) is 0 Å². The third-order valence-electron chi connectivity index (χ3n) is 3.01. The number of ketones is 1. The average Bonchev–Trinajstić information content (AvgIpc) is 2.79. The smallest absolute Gasteiger partial charge is 0.195 e. The molecule has 0 aliphatic heterocycles. The van der Waals surface area contributed by atoms with Gasteiger partial charge in [0, 0.05) is 43.3 Å². The lowest BCUT2D eigenvalue weighted by molar-refractivity contribution is 0.104. The molecule has 0 fully saturated rings. The molecule has 5 heteroatoms. The van der Waals surface area contributed by atoms with E-state index in [1.165, 1.54) is 0 Å². The van der Waals surface area contributed by atoms with Gasteiger partial charge in [0.25, 0.3) is 0 Å². The van der Waals surface area contributed by atoms with Gasteiger partial charge in [-0.05, 0) is 36.4 Å². The van der Waals surface area contributed by atoms with E-state index < -0.39 is 0 Å². The van der Waals surface area contributed by atoms with Gasteiger partial charge in [0.15, 0.2) is 5.78 Å². The van der Waals surface area contributed by atoms with E-state index in [1.807, 2.05) is 6.07 Å². The van der Waals surface area contributed by atoms with Crippen LogP contribution in [0.2, 0.25) is 15.1 Å². The fourth-order valence-corrected chi connectivity index (χ4v) is 2.82. The summed E-state index contributed by atoms with van der Waals surface area (Å²) in [6.45, 7) is 0. The zero-order valence-electron chi connectivity index (χ0n) is 10.1. The summed E-state index contributed by atoms with van der Waals surface area (Å²) in [5, 5.41) is 2.21. The molecule has 0 aliphatic carbocycles. The van der Waals surface area contributed by atoms with Gasteiger partial charge in [-0.3, -0.25) is 4.79 Å². The summed E-state index contributed by atoms with van der Waals surface area (Å²) in [7, 11) is 0. The van der Waals surface area contributed by atoms with Gasteiger partial charge >= 0.3 is 0 Å². The summed E-state index contributed by atoms with van der Waals surface area (Å²) in [6, 6.07) is 10.1. The quantitative estimate of drug-likeness (QED) is 0.632. The molecule has 2 aromatic carbocycles. The van der Waals surface area contributed by atoms with Gasteiger partial charge in [0.05, 0.1) is 0 Å². The van der Waals surface area contributed by atoms with Crippen LogP contribution in [0.1, 0.15) is 15.9 Å². The first-order valence-electron chi connectivity index (χ1n) is 5.82. The van der Waals surface area contributed by atoms with E-state index in [-0.39, 0.29) is 5.78 Å². The highest BCUT2D eigenvalue weighted by atomic mass is 35.5. The number of benzene rings is 2. The van der Waals surface area contributed by atoms with Crippen molar-refractivity contribution in [1.82, 2.24) is 4.98 Å². The van der Waals surface area contributed by atoms with Crippen LogP contribution in [0.5, 0.6) is 0 Å². The Morgan fingerprint density at radius 3 is 2.30 bits per heavy atom. The number of nitrogens with one attached hydrogen (secondary N) is 1. The molecule has 0 saturated carbocycles.